The van der Waals surface area contributed by atoms with Crippen LogP contribution in [0.3, 0.4) is 0 Å². The minimum Gasteiger partial charge on any atom is -0.497 e. The van der Waals surface area contributed by atoms with E-state index in [1.807, 2.05) is 55.5 Å². The lowest BCUT2D eigenvalue weighted by molar-refractivity contribution is 0.415. The molecular formula is C17H15ClN4O. The van der Waals surface area contributed by atoms with E-state index >= 15 is 0 Å². The highest BCUT2D eigenvalue weighted by Crippen LogP contribution is 2.25. The maximum Gasteiger partial charge on any atom is 0.176 e. The van der Waals surface area contributed by atoms with Crippen molar-refractivity contribution in [3.63, 3.8) is 0 Å². The van der Waals surface area contributed by atoms with Gasteiger partial charge in [-0.25, -0.2) is 0 Å². The normalized spacial score (nSPS) is 11.5. The largest absolute Gasteiger partial charge is 0.497 e. The molecule has 0 spiro atoms. The van der Waals surface area contributed by atoms with Crippen molar-refractivity contribution in [1.82, 2.24) is 10.2 Å². The summed E-state index contributed by atoms with van der Waals surface area (Å²) in [6, 6.07) is 15.3. The molecule has 0 radical (unpaired) electrons. The zero-order valence-corrected chi connectivity index (χ0v) is 13.5. The van der Waals surface area contributed by atoms with Crippen molar-refractivity contribution in [3.8, 4) is 5.75 Å². The van der Waals surface area contributed by atoms with Crippen molar-refractivity contribution >= 4 is 33.9 Å². The van der Waals surface area contributed by atoms with Crippen LogP contribution in [0.1, 0.15) is 12.5 Å². The van der Waals surface area contributed by atoms with Crippen LogP contribution >= 0.6 is 11.6 Å². The number of rotatable bonds is 4. The molecule has 1 N–H and O–H groups in total. The number of nitrogens with one attached hydrogen (secondary N) is 1. The van der Waals surface area contributed by atoms with E-state index in [-0.39, 0.29) is 0 Å². The first-order valence-corrected chi connectivity index (χ1v) is 7.42. The van der Waals surface area contributed by atoms with Crippen LogP contribution < -0.4 is 10.2 Å². The molecule has 23 heavy (non-hydrogen) atoms. The van der Waals surface area contributed by atoms with Gasteiger partial charge in [0.25, 0.3) is 0 Å². The molecule has 1 heterocycles. The number of hydrogen-bond donors (Lipinski definition) is 1. The molecule has 3 rings (SSSR count). The van der Waals surface area contributed by atoms with Gasteiger partial charge in [0.15, 0.2) is 11.0 Å². The maximum absolute atomic E-state index is 6.07. The number of hydrogen-bond acceptors (Lipinski definition) is 5. The molecule has 0 bridgehead atoms. The molecule has 0 amide bonds. The molecule has 0 fully saturated rings. The van der Waals surface area contributed by atoms with Crippen molar-refractivity contribution in [1.29, 1.82) is 0 Å². The Labute approximate surface area is 139 Å². The van der Waals surface area contributed by atoms with E-state index in [1.54, 1.807) is 7.11 Å². The third kappa shape index (κ3) is 3.24. The molecular weight excluding hydrogens is 312 g/mol. The van der Waals surface area contributed by atoms with Crippen molar-refractivity contribution in [2.75, 3.05) is 12.5 Å². The van der Waals surface area contributed by atoms with E-state index in [9.17, 15) is 0 Å². The molecule has 0 atom stereocenters. The van der Waals surface area contributed by atoms with Crippen LogP contribution in [0.25, 0.3) is 10.8 Å². The quantitative estimate of drug-likeness (QED) is 0.578. The fourth-order valence-corrected chi connectivity index (χ4v) is 2.39. The second-order valence-electron chi connectivity index (χ2n) is 4.92. The first-order valence-electron chi connectivity index (χ1n) is 7.04. The zero-order valence-electron chi connectivity index (χ0n) is 12.7. The predicted octanol–water partition coefficient (Wildman–Crippen LogP) is 4.13. The molecule has 2 aromatic carbocycles. The number of halogens is 1. The Kier molecular flexibility index (Phi) is 4.39. The van der Waals surface area contributed by atoms with E-state index in [2.05, 4.69) is 20.7 Å². The number of nitrogens with zero attached hydrogens (tertiary/aromatic N) is 3. The Morgan fingerprint density at radius 1 is 1.04 bits per heavy atom. The number of aromatic nitrogens is 2. The summed E-state index contributed by atoms with van der Waals surface area (Å²) in [5.74, 6) is 1.38. The molecule has 6 heteroatoms. The molecule has 116 valence electrons. The molecule has 0 aliphatic heterocycles. The summed E-state index contributed by atoms with van der Waals surface area (Å²) in [5.41, 5.74) is 4.78. The summed E-state index contributed by atoms with van der Waals surface area (Å²) >= 11 is 6.07. The lowest BCUT2D eigenvalue weighted by Crippen LogP contribution is -2.02. The van der Waals surface area contributed by atoms with Crippen LogP contribution in [0.4, 0.5) is 5.82 Å². The second kappa shape index (κ2) is 6.62. The van der Waals surface area contributed by atoms with Crippen molar-refractivity contribution in [2.45, 2.75) is 6.92 Å². The van der Waals surface area contributed by atoms with Crippen LogP contribution in [0.15, 0.2) is 53.6 Å². The molecule has 1 aromatic heterocycles. The van der Waals surface area contributed by atoms with Gasteiger partial charge in [-0.2, -0.15) is 5.10 Å². The number of fused-ring (bicyclic) bond motifs is 1. The van der Waals surface area contributed by atoms with Crippen molar-refractivity contribution in [3.05, 3.63) is 59.2 Å². The Morgan fingerprint density at radius 2 is 1.74 bits per heavy atom. The van der Waals surface area contributed by atoms with Crippen LogP contribution in [-0.2, 0) is 0 Å². The Balaban J connectivity index is 1.88. The van der Waals surface area contributed by atoms with Gasteiger partial charge >= 0.3 is 0 Å². The van der Waals surface area contributed by atoms with Gasteiger partial charge in [0.05, 0.1) is 12.8 Å². The number of benzene rings is 2. The summed E-state index contributed by atoms with van der Waals surface area (Å²) in [5, 5.41) is 14.5. The van der Waals surface area contributed by atoms with Crippen molar-refractivity contribution < 1.29 is 4.74 Å². The lowest BCUT2D eigenvalue weighted by atomic mass is 10.1. The summed E-state index contributed by atoms with van der Waals surface area (Å²) in [6.45, 7) is 1.92. The molecule has 5 nitrogen and oxygen atoms in total. The molecule has 0 aliphatic rings. The first-order chi connectivity index (χ1) is 11.2. The van der Waals surface area contributed by atoms with Gasteiger partial charge in [0, 0.05) is 10.8 Å². The van der Waals surface area contributed by atoms with E-state index in [0.717, 1.165) is 27.8 Å². The van der Waals surface area contributed by atoms with Crippen molar-refractivity contribution in [2.24, 2.45) is 5.10 Å². The number of ether oxygens (including phenoxy) is 1. The fraction of sp³-hybridized carbons (Fsp3) is 0.118. The summed E-state index contributed by atoms with van der Waals surface area (Å²) in [6.07, 6.45) is 0. The fourth-order valence-electron chi connectivity index (χ4n) is 2.19. The predicted molar refractivity (Wildman–Crippen MR) is 93.4 cm³/mol. The summed E-state index contributed by atoms with van der Waals surface area (Å²) in [7, 11) is 1.64. The van der Waals surface area contributed by atoms with Gasteiger partial charge in [-0.15, -0.1) is 10.2 Å². The Bertz CT molecular complexity index is 862. The minimum atomic E-state index is 0.377. The molecule has 0 unspecified atom stereocenters. The monoisotopic (exact) mass is 326 g/mol. The standard InChI is InChI=1S/C17H15ClN4O/c1-11(12-7-9-13(23-2)10-8-12)19-21-17-15-6-4-3-5-14(15)16(18)20-22-17/h3-10H,1-2H3,(H,21,22). The summed E-state index contributed by atoms with van der Waals surface area (Å²) in [4.78, 5) is 0. The maximum atomic E-state index is 6.07. The van der Waals surface area contributed by atoms with E-state index in [1.165, 1.54) is 0 Å². The molecule has 0 saturated heterocycles. The SMILES string of the molecule is COc1ccc(C(C)=NNc2nnc(Cl)c3ccccc23)cc1. The number of hydrazone groups is 1. The zero-order chi connectivity index (χ0) is 16.2. The number of methoxy groups -OCH3 is 1. The van der Waals surface area contributed by atoms with E-state index in [4.69, 9.17) is 16.3 Å². The third-order valence-corrected chi connectivity index (χ3v) is 3.76. The van der Waals surface area contributed by atoms with Gasteiger partial charge in [-0.3, -0.25) is 5.43 Å². The summed E-state index contributed by atoms with van der Waals surface area (Å²) < 4.78 is 5.15. The van der Waals surface area contributed by atoms with E-state index < -0.39 is 0 Å². The first kappa shape index (κ1) is 15.2. The highest BCUT2D eigenvalue weighted by molar-refractivity contribution is 6.34. The Morgan fingerprint density at radius 3 is 2.43 bits per heavy atom. The third-order valence-electron chi connectivity index (χ3n) is 3.48. The highest BCUT2D eigenvalue weighted by atomic mass is 35.5. The molecule has 0 saturated carbocycles. The van der Waals surface area contributed by atoms with Crippen LogP contribution in [-0.4, -0.2) is 23.0 Å². The molecule has 3 aromatic rings. The smallest absolute Gasteiger partial charge is 0.176 e. The molecule has 0 aliphatic carbocycles. The van der Waals surface area contributed by atoms with E-state index in [0.29, 0.717) is 11.0 Å². The Hall–Kier alpha value is -2.66. The lowest BCUT2D eigenvalue weighted by Gasteiger charge is -2.07. The average molecular weight is 327 g/mol. The highest BCUT2D eigenvalue weighted by Gasteiger charge is 2.07. The minimum absolute atomic E-state index is 0.377. The second-order valence-corrected chi connectivity index (χ2v) is 5.28. The van der Waals surface area contributed by atoms with Crippen LogP contribution in [0, 0.1) is 0 Å². The topological polar surface area (TPSA) is 59.4 Å². The van der Waals surface area contributed by atoms with Gasteiger partial charge in [-0.1, -0.05) is 35.9 Å². The van der Waals surface area contributed by atoms with Crippen LogP contribution in [0.2, 0.25) is 5.15 Å². The van der Waals surface area contributed by atoms with Gasteiger partial charge in [0.1, 0.15) is 5.75 Å². The number of anilines is 1. The van der Waals surface area contributed by atoms with Gasteiger partial charge < -0.3 is 4.74 Å². The average Bonchev–Trinajstić information content (AvgIpc) is 2.61. The van der Waals surface area contributed by atoms with Gasteiger partial charge in [0.2, 0.25) is 0 Å². The van der Waals surface area contributed by atoms with Gasteiger partial charge in [-0.05, 0) is 36.8 Å². The van der Waals surface area contributed by atoms with Crippen LogP contribution in [0.5, 0.6) is 5.75 Å².